The van der Waals surface area contributed by atoms with Crippen LogP contribution in [0.4, 0.5) is 17.4 Å². The van der Waals surface area contributed by atoms with Crippen molar-refractivity contribution in [1.82, 2.24) is 4.98 Å². The first-order valence-electron chi connectivity index (χ1n) is 5.93. The standard InChI is InChI=1S/C14H12ClN3O2/c1-19-12-7-8(5-6-9(12)15)17-14-18-13-10(16)3-2-4-11(13)20-14/h2-7H,16H2,1H3,(H,17,18). The molecule has 2 aromatic carbocycles. The van der Waals surface area contributed by atoms with E-state index in [1.54, 1.807) is 25.3 Å². The maximum absolute atomic E-state index is 5.98. The van der Waals surface area contributed by atoms with Gasteiger partial charge in [0, 0.05) is 11.8 Å². The molecule has 0 fully saturated rings. The Bertz CT molecular complexity index is 770. The van der Waals surface area contributed by atoms with E-state index in [-0.39, 0.29) is 0 Å². The van der Waals surface area contributed by atoms with Crippen molar-refractivity contribution in [1.29, 1.82) is 0 Å². The number of halogens is 1. The minimum atomic E-state index is 0.363. The van der Waals surface area contributed by atoms with Crippen LogP contribution in [0.2, 0.25) is 5.02 Å². The number of hydrogen-bond acceptors (Lipinski definition) is 5. The van der Waals surface area contributed by atoms with Crippen LogP contribution in [0.3, 0.4) is 0 Å². The maximum Gasteiger partial charge on any atom is 0.300 e. The topological polar surface area (TPSA) is 73.3 Å². The summed E-state index contributed by atoms with van der Waals surface area (Å²) < 4.78 is 10.7. The van der Waals surface area contributed by atoms with Crippen molar-refractivity contribution in [2.75, 3.05) is 18.2 Å². The van der Waals surface area contributed by atoms with Crippen LogP contribution in [0, 0.1) is 0 Å². The maximum atomic E-state index is 5.98. The first kappa shape index (κ1) is 12.6. The van der Waals surface area contributed by atoms with E-state index in [0.717, 1.165) is 5.69 Å². The monoisotopic (exact) mass is 289 g/mol. The van der Waals surface area contributed by atoms with E-state index in [1.807, 2.05) is 18.2 Å². The van der Waals surface area contributed by atoms with E-state index in [1.165, 1.54) is 0 Å². The van der Waals surface area contributed by atoms with Crippen LogP contribution in [0.25, 0.3) is 11.1 Å². The zero-order chi connectivity index (χ0) is 14.1. The van der Waals surface area contributed by atoms with Crippen molar-refractivity contribution in [2.24, 2.45) is 0 Å². The minimum absolute atomic E-state index is 0.363. The van der Waals surface area contributed by atoms with Gasteiger partial charge < -0.3 is 20.2 Å². The molecule has 1 aromatic heterocycles. The number of oxazole rings is 1. The molecule has 0 saturated carbocycles. The summed E-state index contributed by atoms with van der Waals surface area (Å²) in [6, 6.07) is 11.1. The number of nitrogens with one attached hydrogen (secondary N) is 1. The third kappa shape index (κ3) is 2.23. The molecular formula is C14H12ClN3O2. The highest BCUT2D eigenvalue weighted by Gasteiger charge is 2.09. The molecule has 5 nitrogen and oxygen atoms in total. The number of ether oxygens (including phenoxy) is 1. The number of benzene rings is 2. The van der Waals surface area contributed by atoms with Gasteiger partial charge in [0.2, 0.25) is 0 Å². The molecule has 0 aliphatic rings. The average Bonchev–Trinajstić information content (AvgIpc) is 2.85. The van der Waals surface area contributed by atoms with Crippen molar-refractivity contribution in [3.05, 3.63) is 41.4 Å². The number of aromatic nitrogens is 1. The Kier molecular flexibility index (Phi) is 3.12. The van der Waals surface area contributed by atoms with Gasteiger partial charge in [-0.2, -0.15) is 4.98 Å². The molecule has 1 heterocycles. The fourth-order valence-corrected chi connectivity index (χ4v) is 2.08. The molecule has 3 rings (SSSR count). The highest BCUT2D eigenvalue weighted by Crippen LogP contribution is 2.30. The Morgan fingerprint density at radius 1 is 1.30 bits per heavy atom. The normalized spacial score (nSPS) is 10.7. The second-order valence-corrected chi connectivity index (χ2v) is 4.59. The van der Waals surface area contributed by atoms with E-state index < -0.39 is 0 Å². The lowest BCUT2D eigenvalue weighted by Crippen LogP contribution is -1.92. The predicted octanol–water partition coefficient (Wildman–Crippen LogP) is 3.82. The van der Waals surface area contributed by atoms with Gasteiger partial charge in [-0.3, -0.25) is 0 Å². The van der Waals surface area contributed by atoms with Crippen molar-refractivity contribution in [3.63, 3.8) is 0 Å². The van der Waals surface area contributed by atoms with Crippen LogP contribution in [-0.4, -0.2) is 12.1 Å². The number of nitrogen functional groups attached to an aromatic ring is 1. The number of anilines is 3. The summed E-state index contributed by atoms with van der Waals surface area (Å²) in [5.74, 6) is 0.576. The summed E-state index contributed by atoms with van der Waals surface area (Å²) in [7, 11) is 1.56. The average molecular weight is 290 g/mol. The second kappa shape index (κ2) is 4.94. The smallest absolute Gasteiger partial charge is 0.300 e. The van der Waals surface area contributed by atoms with Gasteiger partial charge in [0.25, 0.3) is 6.01 Å². The molecule has 20 heavy (non-hydrogen) atoms. The third-order valence-corrected chi connectivity index (χ3v) is 3.16. The minimum Gasteiger partial charge on any atom is -0.495 e. The number of para-hydroxylation sites is 1. The first-order valence-corrected chi connectivity index (χ1v) is 6.31. The lowest BCUT2D eigenvalue weighted by atomic mass is 10.3. The number of hydrogen-bond donors (Lipinski definition) is 2. The van der Waals surface area contributed by atoms with Crippen LogP contribution in [0.15, 0.2) is 40.8 Å². The van der Waals surface area contributed by atoms with E-state index in [9.17, 15) is 0 Å². The zero-order valence-corrected chi connectivity index (χ0v) is 11.4. The number of methoxy groups -OCH3 is 1. The Labute approximate surface area is 120 Å². The van der Waals surface area contributed by atoms with Crippen LogP contribution < -0.4 is 15.8 Å². The van der Waals surface area contributed by atoms with Crippen LogP contribution in [0.1, 0.15) is 0 Å². The molecule has 0 aliphatic carbocycles. The van der Waals surface area contributed by atoms with Crippen molar-refractivity contribution < 1.29 is 9.15 Å². The molecule has 0 bridgehead atoms. The molecule has 0 aliphatic heterocycles. The van der Waals surface area contributed by atoms with Gasteiger partial charge in [-0.1, -0.05) is 17.7 Å². The van der Waals surface area contributed by atoms with Gasteiger partial charge in [0.15, 0.2) is 5.58 Å². The number of nitrogens with two attached hydrogens (primary N) is 1. The van der Waals surface area contributed by atoms with Gasteiger partial charge >= 0.3 is 0 Å². The fourth-order valence-electron chi connectivity index (χ4n) is 1.88. The summed E-state index contributed by atoms with van der Waals surface area (Å²) in [5.41, 5.74) is 8.45. The van der Waals surface area contributed by atoms with E-state index in [0.29, 0.717) is 33.6 Å². The largest absolute Gasteiger partial charge is 0.495 e. The Hall–Kier alpha value is -2.40. The summed E-state index contributed by atoms with van der Waals surface area (Å²) in [6.07, 6.45) is 0. The van der Waals surface area contributed by atoms with Crippen molar-refractivity contribution >= 4 is 40.1 Å². The molecular weight excluding hydrogens is 278 g/mol. The van der Waals surface area contributed by atoms with Gasteiger partial charge in [-0.05, 0) is 24.3 Å². The van der Waals surface area contributed by atoms with E-state index in [2.05, 4.69) is 10.3 Å². The highest BCUT2D eigenvalue weighted by molar-refractivity contribution is 6.32. The fraction of sp³-hybridized carbons (Fsp3) is 0.0714. The predicted molar refractivity (Wildman–Crippen MR) is 79.7 cm³/mol. The molecule has 0 amide bonds. The quantitative estimate of drug-likeness (QED) is 0.717. The molecule has 0 radical (unpaired) electrons. The molecule has 6 heteroatoms. The van der Waals surface area contributed by atoms with E-state index in [4.69, 9.17) is 26.5 Å². The van der Waals surface area contributed by atoms with Crippen molar-refractivity contribution in [3.8, 4) is 5.75 Å². The summed E-state index contributed by atoms with van der Waals surface area (Å²) >= 11 is 5.98. The van der Waals surface area contributed by atoms with Gasteiger partial charge in [-0.15, -0.1) is 0 Å². The Morgan fingerprint density at radius 2 is 2.15 bits per heavy atom. The molecule has 3 N–H and O–H groups in total. The van der Waals surface area contributed by atoms with Gasteiger partial charge in [0.05, 0.1) is 17.8 Å². The second-order valence-electron chi connectivity index (χ2n) is 4.19. The first-order chi connectivity index (χ1) is 9.67. The van der Waals surface area contributed by atoms with E-state index >= 15 is 0 Å². The number of rotatable bonds is 3. The van der Waals surface area contributed by atoms with Crippen LogP contribution >= 0.6 is 11.6 Å². The van der Waals surface area contributed by atoms with Crippen LogP contribution in [-0.2, 0) is 0 Å². The number of nitrogens with zero attached hydrogens (tertiary/aromatic N) is 1. The van der Waals surface area contributed by atoms with Crippen molar-refractivity contribution in [2.45, 2.75) is 0 Å². The molecule has 0 atom stereocenters. The SMILES string of the molecule is COc1cc(Nc2nc3c(N)cccc3o2)ccc1Cl. The summed E-state index contributed by atoms with van der Waals surface area (Å²) in [5, 5.41) is 3.59. The zero-order valence-electron chi connectivity index (χ0n) is 10.7. The van der Waals surface area contributed by atoms with Gasteiger partial charge in [-0.25, -0.2) is 0 Å². The molecule has 0 saturated heterocycles. The Balaban J connectivity index is 1.95. The lowest BCUT2D eigenvalue weighted by molar-refractivity contribution is 0.415. The number of fused-ring (bicyclic) bond motifs is 1. The molecule has 0 unspecified atom stereocenters. The molecule has 3 aromatic rings. The summed E-state index contributed by atoms with van der Waals surface area (Å²) in [4.78, 5) is 4.31. The third-order valence-electron chi connectivity index (χ3n) is 2.85. The molecule has 102 valence electrons. The lowest BCUT2D eigenvalue weighted by Gasteiger charge is -2.06. The summed E-state index contributed by atoms with van der Waals surface area (Å²) in [6.45, 7) is 0. The Morgan fingerprint density at radius 3 is 2.90 bits per heavy atom. The van der Waals surface area contributed by atoms with Crippen LogP contribution in [0.5, 0.6) is 5.75 Å². The molecule has 0 spiro atoms. The van der Waals surface area contributed by atoms with Gasteiger partial charge in [0.1, 0.15) is 11.3 Å². The highest BCUT2D eigenvalue weighted by atomic mass is 35.5.